The molecule has 26 heavy (non-hydrogen) atoms. The van der Waals surface area contributed by atoms with Crippen molar-refractivity contribution in [2.75, 3.05) is 20.1 Å². The van der Waals surface area contributed by atoms with Crippen LogP contribution < -0.4 is 0 Å². The van der Waals surface area contributed by atoms with Gasteiger partial charge in [-0.3, -0.25) is 14.3 Å². The summed E-state index contributed by atoms with van der Waals surface area (Å²) in [7, 11) is 5.45. The van der Waals surface area contributed by atoms with Crippen molar-refractivity contribution in [3.05, 3.63) is 35.2 Å². The van der Waals surface area contributed by atoms with Crippen molar-refractivity contribution < 1.29 is 9.59 Å². The molecule has 1 aliphatic heterocycles. The van der Waals surface area contributed by atoms with E-state index in [-0.39, 0.29) is 17.9 Å². The van der Waals surface area contributed by atoms with E-state index >= 15 is 0 Å². The fraction of sp³-hybridized carbons (Fsp3) is 0.556. The van der Waals surface area contributed by atoms with Crippen LogP contribution in [0.1, 0.15) is 45.2 Å². The van der Waals surface area contributed by atoms with Gasteiger partial charge in [0.05, 0.1) is 17.5 Å². The number of imidazole rings is 1. The lowest BCUT2D eigenvalue weighted by Gasteiger charge is -2.37. The van der Waals surface area contributed by atoms with E-state index in [1.807, 2.05) is 32.8 Å². The molecular formula is C18H26N6O2. The fourth-order valence-corrected chi connectivity index (χ4v) is 3.48. The van der Waals surface area contributed by atoms with E-state index in [2.05, 4.69) is 10.1 Å². The van der Waals surface area contributed by atoms with Crippen LogP contribution in [0.15, 0.2) is 12.4 Å². The van der Waals surface area contributed by atoms with Crippen molar-refractivity contribution in [2.45, 2.75) is 32.7 Å². The highest BCUT2D eigenvalue weighted by Crippen LogP contribution is 2.20. The summed E-state index contributed by atoms with van der Waals surface area (Å²) in [6.45, 7) is 4.95. The predicted octanol–water partition coefficient (Wildman–Crippen LogP) is 1.15. The van der Waals surface area contributed by atoms with Crippen LogP contribution in [-0.2, 0) is 14.1 Å². The topological polar surface area (TPSA) is 76.3 Å². The van der Waals surface area contributed by atoms with Gasteiger partial charge in [0.1, 0.15) is 11.5 Å². The highest BCUT2D eigenvalue weighted by molar-refractivity contribution is 5.95. The fourth-order valence-electron chi connectivity index (χ4n) is 3.48. The zero-order valence-corrected chi connectivity index (χ0v) is 16.1. The van der Waals surface area contributed by atoms with Gasteiger partial charge in [0, 0.05) is 46.5 Å². The Balaban J connectivity index is 1.73. The molecule has 1 atom stereocenters. The number of aromatic nitrogens is 4. The van der Waals surface area contributed by atoms with Crippen molar-refractivity contribution in [1.82, 2.24) is 29.1 Å². The summed E-state index contributed by atoms with van der Waals surface area (Å²) in [6, 6.07) is -0.00705. The Labute approximate surface area is 153 Å². The van der Waals surface area contributed by atoms with Crippen molar-refractivity contribution in [3.8, 4) is 0 Å². The molecule has 3 heterocycles. The number of aryl methyl sites for hydroxylation is 3. The van der Waals surface area contributed by atoms with Crippen LogP contribution in [0.2, 0.25) is 0 Å². The third-order valence-electron chi connectivity index (χ3n) is 5.24. The molecule has 0 aliphatic carbocycles. The van der Waals surface area contributed by atoms with Crippen LogP contribution in [-0.4, -0.2) is 67.1 Å². The van der Waals surface area contributed by atoms with E-state index in [0.717, 1.165) is 24.4 Å². The Morgan fingerprint density at radius 3 is 2.58 bits per heavy atom. The molecule has 1 fully saturated rings. The molecule has 8 nitrogen and oxygen atoms in total. The first-order valence-electron chi connectivity index (χ1n) is 8.84. The van der Waals surface area contributed by atoms with Crippen LogP contribution in [0, 0.1) is 13.8 Å². The average Bonchev–Trinajstić information content (AvgIpc) is 3.14. The summed E-state index contributed by atoms with van der Waals surface area (Å²) in [5.41, 5.74) is 1.93. The lowest BCUT2D eigenvalue weighted by atomic mass is 10.0. The van der Waals surface area contributed by atoms with Gasteiger partial charge in [-0.05, 0) is 26.7 Å². The van der Waals surface area contributed by atoms with Gasteiger partial charge < -0.3 is 14.4 Å². The van der Waals surface area contributed by atoms with E-state index in [4.69, 9.17) is 0 Å². The molecule has 1 aliphatic rings. The Morgan fingerprint density at radius 1 is 1.27 bits per heavy atom. The molecule has 8 heteroatoms. The van der Waals surface area contributed by atoms with E-state index in [0.29, 0.717) is 24.3 Å². The third kappa shape index (κ3) is 3.23. The number of carbonyl (C=O) groups is 2. The Hall–Kier alpha value is -2.64. The van der Waals surface area contributed by atoms with E-state index < -0.39 is 0 Å². The number of nitrogens with zero attached hydrogens (tertiary/aromatic N) is 6. The molecule has 0 N–H and O–H groups in total. The summed E-state index contributed by atoms with van der Waals surface area (Å²) in [4.78, 5) is 33.5. The highest BCUT2D eigenvalue weighted by atomic mass is 16.2. The van der Waals surface area contributed by atoms with Crippen LogP contribution in [0.25, 0.3) is 0 Å². The third-order valence-corrected chi connectivity index (χ3v) is 5.24. The second kappa shape index (κ2) is 6.93. The lowest BCUT2D eigenvalue weighted by Crippen LogP contribution is -2.50. The number of hydrogen-bond acceptors (Lipinski definition) is 4. The Kier molecular flexibility index (Phi) is 4.84. The molecule has 2 aromatic heterocycles. The minimum atomic E-state index is -0.0649. The summed E-state index contributed by atoms with van der Waals surface area (Å²) in [5, 5.41) is 4.26. The average molecular weight is 358 g/mol. The number of carbonyl (C=O) groups excluding carboxylic acids is 2. The van der Waals surface area contributed by atoms with Crippen LogP contribution in [0.3, 0.4) is 0 Å². The first kappa shape index (κ1) is 18.2. The maximum atomic E-state index is 12.9. The van der Waals surface area contributed by atoms with Gasteiger partial charge in [-0.25, -0.2) is 4.98 Å². The van der Waals surface area contributed by atoms with Gasteiger partial charge in [0.2, 0.25) is 0 Å². The van der Waals surface area contributed by atoms with Gasteiger partial charge in [0.25, 0.3) is 11.8 Å². The van der Waals surface area contributed by atoms with Crippen LogP contribution >= 0.6 is 0 Å². The van der Waals surface area contributed by atoms with Crippen LogP contribution in [0.4, 0.5) is 0 Å². The highest BCUT2D eigenvalue weighted by Gasteiger charge is 2.31. The normalized spacial score (nSPS) is 17.4. The summed E-state index contributed by atoms with van der Waals surface area (Å²) >= 11 is 0. The van der Waals surface area contributed by atoms with E-state index in [9.17, 15) is 9.59 Å². The molecule has 3 rings (SSSR count). The zero-order chi connectivity index (χ0) is 19.0. The molecule has 0 unspecified atom stereocenters. The van der Waals surface area contributed by atoms with Crippen molar-refractivity contribution >= 4 is 11.8 Å². The summed E-state index contributed by atoms with van der Waals surface area (Å²) < 4.78 is 3.45. The Bertz CT molecular complexity index is 825. The predicted molar refractivity (Wildman–Crippen MR) is 96.9 cm³/mol. The molecule has 0 spiro atoms. The quantitative estimate of drug-likeness (QED) is 0.825. The SMILES string of the molecule is Cc1nn(C)cc1C(=O)N1CCC[C@H](N(C)C(=O)c2cnc(C)n2C)C1. The van der Waals surface area contributed by atoms with Crippen molar-refractivity contribution in [1.29, 1.82) is 0 Å². The Morgan fingerprint density at radius 2 is 2.00 bits per heavy atom. The molecule has 0 aromatic carbocycles. The second-order valence-corrected chi connectivity index (χ2v) is 7.01. The maximum Gasteiger partial charge on any atom is 0.272 e. The van der Waals surface area contributed by atoms with Crippen LogP contribution in [0.5, 0.6) is 0 Å². The first-order chi connectivity index (χ1) is 12.3. The molecule has 0 bridgehead atoms. The van der Waals surface area contributed by atoms with Gasteiger partial charge >= 0.3 is 0 Å². The van der Waals surface area contributed by atoms with E-state index in [1.54, 1.807) is 33.6 Å². The summed E-state index contributed by atoms with van der Waals surface area (Å²) in [6.07, 6.45) is 5.13. The largest absolute Gasteiger partial charge is 0.336 e. The number of hydrogen-bond donors (Lipinski definition) is 0. The molecule has 1 saturated heterocycles. The standard InChI is InChI=1S/C18H26N6O2/c1-12-15(11-21(3)20-12)17(25)24-8-6-7-14(10-24)23(5)18(26)16-9-19-13(2)22(16)4/h9,11,14H,6-8,10H2,1-5H3/t14-/m0/s1. The minimum Gasteiger partial charge on any atom is -0.336 e. The summed E-state index contributed by atoms with van der Waals surface area (Å²) in [5.74, 6) is 0.719. The molecular weight excluding hydrogens is 332 g/mol. The molecule has 2 amide bonds. The number of piperidine rings is 1. The first-order valence-corrected chi connectivity index (χ1v) is 8.84. The van der Waals surface area contributed by atoms with E-state index in [1.165, 1.54) is 0 Å². The molecule has 140 valence electrons. The minimum absolute atomic E-state index is 0.00705. The lowest BCUT2D eigenvalue weighted by molar-refractivity contribution is 0.0515. The van der Waals surface area contributed by atoms with Crippen molar-refractivity contribution in [2.24, 2.45) is 14.1 Å². The van der Waals surface area contributed by atoms with Gasteiger partial charge in [-0.2, -0.15) is 5.10 Å². The second-order valence-electron chi connectivity index (χ2n) is 7.01. The number of likely N-dealkylation sites (N-methyl/N-ethyl adjacent to an activating group) is 1. The maximum absolute atomic E-state index is 12.9. The molecule has 0 radical (unpaired) electrons. The number of likely N-dealkylation sites (tertiary alicyclic amines) is 1. The zero-order valence-electron chi connectivity index (χ0n) is 16.1. The smallest absolute Gasteiger partial charge is 0.272 e. The molecule has 0 saturated carbocycles. The number of rotatable bonds is 3. The number of amides is 2. The monoisotopic (exact) mass is 358 g/mol. The van der Waals surface area contributed by atoms with Gasteiger partial charge in [-0.1, -0.05) is 0 Å². The van der Waals surface area contributed by atoms with Gasteiger partial charge in [0.15, 0.2) is 0 Å². The molecule has 2 aromatic rings. The van der Waals surface area contributed by atoms with Gasteiger partial charge in [-0.15, -0.1) is 0 Å². The van der Waals surface area contributed by atoms with Crippen molar-refractivity contribution in [3.63, 3.8) is 0 Å².